The number of hydrogen-bond acceptors (Lipinski definition) is 9. The summed E-state index contributed by atoms with van der Waals surface area (Å²) < 4.78 is 11.7. The fraction of sp³-hybridized carbons (Fsp3) is 0.548. The SMILES string of the molecule is CC(C)C.CCC(NC=O)C(=O)C(=O)NCC(=O)NC(C(=O)N(C)C)c1ccccc1.CCc1cccc(OCCCCO[C@H]2CCN(C(=O)CNC=O)C2C)c1. The molecule has 3 rings (SSSR count). The first-order valence-electron chi connectivity index (χ1n) is 19.6. The van der Waals surface area contributed by atoms with Crippen molar-refractivity contribution in [3.05, 3.63) is 65.7 Å². The van der Waals surface area contributed by atoms with Gasteiger partial charge >= 0.3 is 0 Å². The Morgan fingerprint density at radius 3 is 2.18 bits per heavy atom. The van der Waals surface area contributed by atoms with E-state index >= 15 is 0 Å². The first kappa shape index (κ1) is 49.7. The second kappa shape index (κ2) is 28.1. The van der Waals surface area contributed by atoms with Gasteiger partial charge in [0.25, 0.3) is 5.91 Å². The largest absolute Gasteiger partial charge is 0.494 e. The van der Waals surface area contributed by atoms with Crippen LogP contribution in [-0.4, -0.2) is 117 Å². The highest BCUT2D eigenvalue weighted by atomic mass is 16.5. The van der Waals surface area contributed by atoms with E-state index in [0.29, 0.717) is 38.1 Å². The summed E-state index contributed by atoms with van der Waals surface area (Å²) in [7, 11) is 3.13. The summed E-state index contributed by atoms with van der Waals surface area (Å²) in [6.07, 6.45) is 4.91. The molecule has 4 atom stereocenters. The lowest BCUT2D eigenvalue weighted by Crippen LogP contribution is -2.48. The molecule has 2 aromatic rings. The molecule has 57 heavy (non-hydrogen) atoms. The number of nitrogens with one attached hydrogen (secondary N) is 4. The molecule has 2 aromatic carbocycles. The van der Waals surface area contributed by atoms with Gasteiger partial charge in [-0.25, -0.2) is 0 Å². The van der Waals surface area contributed by atoms with Crippen molar-refractivity contribution in [2.75, 3.05) is 46.9 Å². The van der Waals surface area contributed by atoms with Gasteiger partial charge in [0.1, 0.15) is 11.8 Å². The van der Waals surface area contributed by atoms with Gasteiger partial charge in [0.2, 0.25) is 36.3 Å². The second-order valence-corrected chi connectivity index (χ2v) is 14.2. The van der Waals surface area contributed by atoms with Crippen LogP contribution in [0, 0.1) is 5.92 Å². The first-order valence-corrected chi connectivity index (χ1v) is 19.6. The smallest absolute Gasteiger partial charge is 0.290 e. The lowest BCUT2D eigenvalue weighted by Gasteiger charge is -2.24. The van der Waals surface area contributed by atoms with Crippen LogP contribution < -0.4 is 26.0 Å². The molecule has 0 bridgehead atoms. The van der Waals surface area contributed by atoms with Gasteiger partial charge in [0.15, 0.2) is 0 Å². The van der Waals surface area contributed by atoms with Crippen LogP contribution in [0.1, 0.15) is 84.4 Å². The lowest BCUT2D eigenvalue weighted by molar-refractivity contribution is -0.140. The molecule has 1 saturated heterocycles. The summed E-state index contributed by atoms with van der Waals surface area (Å²) in [5, 5.41) is 9.41. The molecule has 1 heterocycles. The number of unbranched alkanes of at least 4 members (excludes halogenated alkanes) is 1. The maximum Gasteiger partial charge on any atom is 0.290 e. The summed E-state index contributed by atoms with van der Waals surface area (Å²) in [5.41, 5.74) is 1.87. The van der Waals surface area contributed by atoms with Crippen molar-refractivity contribution < 1.29 is 43.0 Å². The van der Waals surface area contributed by atoms with Crippen molar-refractivity contribution in [2.45, 2.75) is 97.9 Å². The minimum atomic E-state index is -0.985. The number of carbonyl (C=O) groups is 7. The normalized spacial score (nSPS) is 15.3. The Morgan fingerprint density at radius 2 is 1.58 bits per heavy atom. The third-order valence-corrected chi connectivity index (χ3v) is 8.54. The van der Waals surface area contributed by atoms with E-state index in [-0.39, 0.29) is 36.9 Å². The Kier molecular flexibility index (Phi) is 24.5. The standard InChI is InChI=1S/C20H30N2O4.C18H24N4O5.C4H10/c1-3-17-7-6-8-18(13-17)25-11-4-5-12-26-19-9-10-22(16(19)2)20(24)14-21-15-23;1-4-13(20-11-23)16(25)17(26)19-10-14(24)21-15(18(27)22(2)3)12-8-6-5-7-9-12;1-4(2)3/h6-8,13,15-16,19H,3-5,9-12,14H2,1-2H3,(H,21,23);5-9,11,13,15H,4,10H2,1-3H3,(H,19,26)(H,20,23)(H,21,24);4H,1-3H3/t16?,19-;;/m0../s1. The van der Waals surface area contributed by atoms with E-state index in [2.05, 4.69) is 61.1 Å². The summed E-state index contributed by atoms with van der Waals surface area (Å²) in [6, 6.07) is 15.0. The highest BCUT2D eigenvalue weighted by Crippen LogP contribution is 2.21. The molecule has 15 heteroatoms. The Hall–Kier alpha value is -5.31. The number of nitrogens with zero attached hydrogens (tertiary/aromatic N) is 2. The Labute approximate surface area is 338 Å². The number of amides is 6. The average Bonchev–Trinajstić information content (AvgIpc) is 3.57. The fourth-order valence-corrected chi connectivity index (χ4v) is 5.47. The average molecular weight is 797 g/mol. The zero-order valence-electron chi connectivity index (χ0n) is 34.9. The molecule has 3 unspecified atom stereocenters. The van der Waals surface area contributed by atoms with Crippen LogP contribution in [0.4, 0.5) is 0 Å². The third-order valence-electron chi connectivity index (χ3n) is 8.54. The van der Waals surface area contributed by atoms with Crippen LogP contribution in [0.15, 0.2) is 54.6 Å². The molecular weight excluding hydrogens is 732 g/mol. The number of ketones is 1. The maximum atomic E-state index is 12.4. The number of aryl methyl sites for hydroxylation is 1. The van der Waals surface area contributed by atoms with E-state index in [0.717, 1.165) is 37.4 Å². The molecule has 0 radical (unpaired) electrons. The Morgan fingerprint density at radius 1 is 0.912 bits per heavy atom. The number of ether oxygens (including phenoxy) is 2. The van der Waals surface area contributed by atoms with Crippen molar-refractivity contribution in [2.24, 2.45) is 5.92 Å². The number of hydrogen-bond donors (Lipinski definition) is 4. The van der Waals surface area contributed by atoms with E-state index in [9.17, 15) is 33.6 Å². The van der Waals surface area contributed by atoms with Crippen molar-refractivity contribution in [1.29, 1.82) is 0 Å². The van der Waals surface area contributed by atoms with Gasteiger partial charge in [0, 0.05) is 27.2 Å². The van der Waals surface area contributed by atoms with E-state index < -0.39 is 36.2 Å². The topological polar surface area (TPSA) is 193 Å². The van der Waals surface area contributed by atoms with Crippen molar-refractivity contribution >= 4 is 42.2 Å². The van der Waals surface area contributed by atoms with Crippen LogP contribution in [-0.2, 0) is 44.7 Å². The van der Waals surface area contributed by atoms with Gasteiger partial charge < -0.3 is 40.5 Å². The molecule has 1 fully saturated rings. The van der Waals surface area contributed by atoms with Crippen LogP contribution in [0.25, 0.3) is 0 Å². The Bertz CT molecular complexity index is 1540. The van der Waals surface area contributed by atoms with E-state index in [1.54, 1.807) is 56.3 Å². The second-order valence-electron chi connectivity index (χ2n) is 14.2. The number of carbonyl (C=O) groups excluding carboxylic acids is 7. The summed E-state index contributed by atoms with van der Waals surface area (Å²) in [5.74, 6) is -1.09. The lowest BCUT2D eigenvalue weighted by atomic mass is 10.1. The predicted molar refractivity (Wildman–Crippen MR) is 218 cm³/mol. The molecular formula is C42H64N6O9. The highest BCUT2D eigenvalue weighted by molar-refractivity contribution is 6.38. The first-order chi connectivity index (χ1) is 27.2. The van der Waals surface area contributed by atoms with Crippen LogP contribution in [0.3, 0.4) is 0 Å². The molecule has 0 saturated carbocycles. The van der Waals surface area contributed by atoms with E-state index in [1.165, 1.54) is 10.5 Å². The van der Waals surface area contributed by atoms with Gasteiger partial charge in [0.05, 0.1) is 37.9 Å². The monoisotopic (exact) mass is 796 g/mol. The van der Waals surface area contributed by atoms with Gasteiger partial charge in [-0.15, -0.1) is 0 Å². The van der Waals surface area contributed by atoms with Crippen molar-refractivity contribution in [3.8, 4) is 5.75 Å². The highest BCUT2D eigenvalue weighted by Gasteiger charge is 2.34. The zero-order valence-corrected chi connectivity index (χ0v) is 34.9. The molecule has 1 aliphatic heterocycles. The molecule has 15 nitrogen and oxygen atoms in total. The number of benzene rings is 2. The zero-order chi connectivity index (χ0) is 42.8. The van der Waals surface area contributed by atoms with Gasteiger partial charge in [-0.2, -0.15) is 0 Å². The molecule has 4 N–H and O–H groups in total. The number of Topliss-reactive ketones (excluding diaryl/α,β-unsaturated/α-hetero) is 1. The van der Waals surface area contributed by atoms with Crippen LogP contribution >= 0.6 is 0 Å². The summed E-state index contributed by atoms with van der Waals surface area (Å²) >= 11 is 0. The Balaban J connectivity index is 0.000000521. The van der Waals surface area contributed by atoms with Gasteiger partial charge in [-0.05, 0) is 68.2 Å². The fourth-order valence-electron chi connectivity index (χ4n) is 5.47. The van der Waals surface area contributed by atoms with E-state index in [4.69, 9.17) is 9.47 Å². The molecule has 316 valence electrons. The minimum absolute atomic E-state index is 0.0454. The molecule has 1 aliphatic rings. The summed E-state index contributed by atoms with van der Waals surface area (Å²) in [6.45, 7) is 13.9. The molecule has 6 amide bonds. The summed E-state index contributed by atoms with van der Waals surface area (Å²) in [4.78, 5) is 84.1. The van der Waals surface area contributed by atoms with Crippen molar-refractivity contribution in [1.82, 2.24) is 31.1 Å². The molecule has 0 aromatic heterocycles. The third kappa shape index (κ3) is 19.4. The number of likely N-dealkylation sites (N-methyl/N-ethyl adjacent to an activating group) is 1. The maximum absolute atomic E-state index is 12.4. The van der Waals surface area contributed by atoms with Crippen LogP contribution in [0.5, 0.6) is 5.75 Å². The minimum Gasteiger partial charge on any atom is -0.494 e. The van der Waals surface area contributed by atoms with E-state index in [1.807, 2.05) is 19.1 Å². The van der Waals surface area contributed by atoms with Crippen LogP contribution in [0.2, 0.25) is 0 Å². The predicted octanol–water partition coefficient (Wildman–Crippen LogP) is 2.96. The number of rotatable bonds is 21. The molecule has 0 aliphatic carbocycles. The number of likely N-dealkylation sites (tertiary alicyclic amines) is 1. The molecule has 0 spiro atoms. The quantitative estimate of drug-likeness (QED) is 0.0836. The van der Waals surface area contributed by atoms with Gasteiger partial charge in [-0.3, -0.25) is 33.6 Å². The van der Waals surface area contributed by atoms with Crippen molar-refractivity contribution in [3.63, 3.8) is 0 Å². The van der Waals surface area contributed by atoms with Gasteiger partial charge in [-0.1, -0.05) is 77.1 Å².